The number of benzene rings is 3. The molecule has 0 unspecified atom stereocenters. The Bertz CT molecular complexity index is 1050. The highest BCUT2D eigenvalue weighted by atomic mass is 16.2. The van der Waals surface area contributed by atoms with Crippen LogP contribution in [0, 0.1) is 12.8 Å². The first-order valence-corrected chi connectivity index (χ1v) is 9.29. The predicted molar refractivity (Wildman–Crippen MR) is 111 cm³/mol. The lowest BCUT2D eigenvalue weighted by atomic mass is 10.1. The lowest BCUT2D eigenvalue weighted by Gasteiger charge is -2.16. The minimum absolute atomic E-state index is 0.0398. The first-order valence-electron chi connectivity index (χ1n) is 9.29. The predicted octanol–water partition coefficient (Wildman–Crippen LogP) is 3.65. The van der Waals surface area contributed by atoms with Crippen LogP contribution in [-0.4, -0.2) is 24.6 Å². The van der Waals surface area contributed by atoms with Gasteiger partial charge in [0.2, 0.25) is 11.8 Å². The summed E-state index contributed by atoms with van der Waals surface area (Å²) in [5.41, 5.74) is 5.48. The summed E-state index contributed by atoms with van der Waals surface area (Å²) >= 11 is 0. The van der Waals surface area contributed by atoms with Crippen molar-refractivity contribution in [2.24, 2.45) is 11.0 Å². The van der Waals surface area contributed by atoms with Crippen molar-refractivity contribution in [3.63, 3.8) is 0 Å². The molecule has 0 radical (unpaired) electrons. The number of rotatable bonds is 4. The van der Waals surface area contributed by atoms with E-state index in [4.69, 9.17) is 0 Å². The van der Waals surface area contributed by atoms with Crippen molar-refractivity contribution in [2.45, 2.75) is 13.3 Å². The maximum atomic E-state index is 12.5. The average Bonchev–Trinajstić information content (AvgIpc) is 3.10. The van der Waals surface area contributed by atoms with Crippen LogP contribution in [0.2, 0.25) is 0 Å². The number of hydrogen-bond donors (Lipinski definition) is 1. The number of amides is 2. The molecule has 5 heteroatoms. The fourth-order valence-corrected chi connectivity index (χ4v) is 3.48. The van der Waals surface area contributed by atoms with E-state index in [0.29, 0.717) is 6.54 Å². The second kappa shape index (κ2) is 7.64. The van der Waals surface area contributed by atoms with Gasteiger partial charge in [-0.1, -0.05) is 60.2 Å². The average molecular weight is 371 g/mol. The standard InChI is InChI=1S/C23H21N3O2/c1-16-9-11-20(12-10-16)26-15-19(13-22(26)27)23(28)25-24-14-18-7-4-6-17-5-2-3-8-21(17)18/h2-12,14,19H,13,15H2,1H3,(H,25,28)/b24-14+/t19-/m0/s1. The fraction of sp³-hybridized carbons (Fsp3) is 0.174. The number of hydrazone groups is 1. The van der Waals surface area contributed by atoms with E-state index in [2.05, 4.69) is 10.5 Å². The maximum Gasteiger partial charge on any atom is 0.245 e. The molecule has 1 heterocycles. The van der Waals surface area contributed by atoms with Crippen LogP contribution in [0.25, 0.3) is 10.8 Å². The van der Waals surface area contributed by atoms with E-state index in [1.165, 1.54) is 0 Å². The zero-order valence-corrected chi connectivity index (χ0v) is 15.6. The molecule has 28 heavy (non-hydrogen) atoms. The third-order valence-corrected chi connectivity index (χ3v) is 5.04. The molecule has 0 spiro atoms. The van der Waals surface area contributed by atoms with Gasteiger partial charge in [-0.2, -0.15) is 5.10 Å². The first-order chi connectivity index (χ1) is 13.6. The summed E-state index contributed by atoms with van der Waals surface area (Å²) in [5, 5.41) is 6.31. The lowest BCUT2D eigenvalue weighted by Crippen LogP contribution is -2.30. The minimum atomic E-state index is -0.404. The molecule has 0 aromatic heterocycles. The molecule has 1 N–H and O–H groups in total. The summed E-state index contributed by atoms with van der Waals surface area (Å²) < 4.78 is 0. The van der Waals surface area contributed by atoms with Crippen LogP contribution in [0.1, 0.15) is 17.5 Å². The van der Waals surface area contributed by atoms with Crippen molar-refractivity contribution in [3.05, 3.63) is 77.9 Å². The van der Waals surface area contributed by atoms with E-state index >= 15 is 0 Å². The Morgan fingerprint density at radius 1 is 1.07 bits per heavy atom. The zero-order chi connectivity index (χ0) is 19.5. The molecule has 1 aliphatic rings. The number of hydrogen-bond acceptors (Lipinski definition) is 3. The number of fused-ring (bicyclic) bond motifs is 1. The third kappa shape index (κ3) is 3.64. The Morgan fingerprint density at radius 3 is 2.64 bits per heavy atom. The quantitative estimate of drug-likeness (QED) is 0.562. The van der Waals surface area contributed by atoms with Crippen LogP contribution in [0.5, 0.6) is 0 Å². The SMILES string of the molecule is Cc1ccc(N2C[C@@H](C(=O)N/N=C/c3cccc4ccccc34)CC2=O)cc1. The number of carbonyl (C=O) groups is 2. The van der Waals surface area contributed by atoms with Crippen LogP contribution in [0.15, 0.2) is 71.8 Å². The van der Waals surface area contributed by atoms with E-state index in [0.717, 1.165) is 27.6 Å². The molecule has 1 atom stereocenters. The minimum Gasteiger partial charge on any atom is -0.312 e. The third-order valence-electron chi connectivity index (χ3n) is 5.04. The van der Waals surface area contributed by atoms with Gasteiger partial charge in [0.1, 0.15) is 0 Å². The number of anilines is 1. The van der Waals surface area contributed by atoms with Gasteiger partial charge in [0.15, 0.2) is 0 Å². The monoisotopic (exact) mass is 371 g/mol. The van der Waals surface area contributed by atoms with Gasteiger partial charge in [0.05, 0.1) is 12.1 Å². The molecule has 1 saturated heterocycles. The maximum absolute atomic E-state index is 12.5. The van der Waals surface area contributed by atoms with Crippen LogP contribution in [0.4, 0.5) is 5.69 Å². The van der Waals surface area contributed by atoms with E-state index in [-0.39, 0.29) is 18.2 Å². The van der Waals surface area contributed by atoms with Gasteiger partial charge >= 0.3 is 0 Å². The number of carbonyl (C=O) groups excluding carboxylic acids is 2. The molecule has 1 aliphatic heterocycles. The smallest absolute Gasteiger partial charge is 0.245 e. The van der Waals surface area contributed by atoms with E-state index in [9.17, 15) is 9.59 Å². The van der Waals surface area contributed by atoms with Gasteiger partial charge in [-0.05, 0) is 29.8 Å². The van der Waals surface area contributed by atoms with Crippen molar-refractivity contribution in [1.29, 1.82) is 0 Å². The van der Waals surface area contributed by atoms with Crippen LogP contribution < -0.4 is 10.3 Å². The molecule has 0 bridgehead atoms. The fourth-order valence-electron chi connectivity index (χ4n) is 3.48. The van der Waals surface area contributed by atoms with Crippen LogP contribution in [0.3, 0.4) is 0 Å². The Balaban J connectivity index is 1.42. The lowest BCUT2D eigenvalue weighted by molar-refractivity contribution is -0.126. The molecular weight excluding hydrogens is 350 g/mol. The number of nitrogens with one attached hydrogen (secondary N) is 1. The molecule has 2 amide bonds. The van der Waals surface area contributed by atoms with Gasteiger partial charge in [-0.3, -0.25) is 9.59 Å². The number of aryl methyl sites for hydroxylation is 1. The van der Waals surface area contributed by atoms with Crippen LogP contribution >= 0.6 is 0 Å². The van der Waals surface area contributed by atoms with Gasteiger partial charge in [-0.15, -0.1) is 0 Å². The van der Waals surface area contributed by atoms with E-state index < -0.39 is 5.92 Å². The highest BCUT2D eigenvalue weighted by Gasteiger charge is 2.35. The topological polar surface area (TPSA) is 61.8 Å². The molecule has 0 saturated carbocycles. The summed E-state index contributed by atoms with van der Waals surface area (Å²) in [4.78, 5) is 26.5. The van der Waals surface area contributed by atoms with Gasteiger partial charge in [0.25, 0.3) is 0 Å². The molecule has 0 aliphatic carbocycles. The van der Waals surface area contributed by atoms with Crippen molar-refractivity contribution in [1.82, 2.24) is 5.43 Å². The first kappa shape index (κ1) is 17.9. The zero-order valence-electron chi connectivity index (χ0n) is 15.6. The highest BCUT2D eigenvalue weighted by Crippen LogP contribution is 2.25. The summed E-state index contributed by atoms with van der Waals surface area (Å²) in [6.45, 7) is 2.37. The van der Waals surface area contributed by atoms with Crippen molar-refractivity contribution >= 4 is 34.5 Å². The normalized spacial score (nSPS) is 16.8. The Hall–Kier alpha value is -3.47. The van der Waals surface area contributed by atoms with E-state index in [1.54, 1.807) is 11.1 Å². The molecule has 3 aromatic carbocycles. The number of nitrogens with zero attached hydrogens (tertiary/aromatic N) is 2. The molecule has 4 rings (SSSR count). The molecule has 3 aromatic rings. The van der Waals surface area contributed by atoms with Crippen molar-refractivity contribution in [3.8, 4) is 0 Å². The summed E-state index contributed by atoms with van der Waals surface area (Å²) in [6.07, 6.45) is 1.85. The van der Waals surface area contributed by atoms with Crippen LogP contribution in [-0.2, 0) is 9.59 Å². The Kier molecular flexibility index (Phi) is 4.89. The Morgan fingerprint density at radius 2 is 1.82 bits per heavy atom. The largest absolute Gasteiger partial charge is 0.312 e. The van der Waals surface area contributed by atoms with Crippen molar-refractivity contribution < 1.29 is 9.59 Å². The summed E-state index contributed by atoms with van der Waals surface area (Å²) in [6, 6.07) is 21.7. The summed E-state index contributed by atoms with van der Waals surface area (Å²) in [5.74, 6) is -0.681. The van der Waals surface area contributed by atoms with Gasteiger partial charge in [0, 0.05) is 24.2 Å². The molecule has 5 nitrogen and oxygen atoms in total. The highest BCUT2D eigenvalue weighted by molar-refractivity contribution is 6.01. The molecule has 1 fully saturated rings. The van der Waals surface area contributed by atoms with Gasteiger partial charge < -0.3 is 4.90 Å². The molecular formula is C23H21N3O2. The second-order valence-corrected chi connectivity index (χ2v) is 7.04. The Labute approximate surface area is 163 Å². The van der Waals surface area contributed by atoms with E-state index in [1.807, 2.05) is 73.7 Å². The van der Waals surface area contributed by atoms with Crippen molar-refractivity contribution in [2.75, 3.05) is 11.4 Å². The second-order valence-electron chi connectivity index (χ2n) is 7.04. The summed E-state index contributed by atoms with van der Waals surface area (Å²) in [7, 11) is 0. The van der Waals surface area contributed by atoms with Gasteiger partial charge in [-0.25, -0.2) is 5.43 Å². The molecule has 140 valence electrons.